The van der Waals surface area contributed by atoms with E-state index in [0.29, 0.717) is 24.4 Å². The van der Waals surface area contributed by atoms with E-state index < -0.39 is 0 Å². The minimum Gasteiger partial charge on any atom is -0.467 e. The first-order chi connectivity index (χ1) is 8.20. The highest BCUT2D eigenvalue weighted by Gasteiger charge is 2.21. The summed E-state index contributed by atoms with van der Waals surface area (Å²) in [7, 11) is 1.78. The van der Waals surface area contributed by atoms with E-state index in [1.54, 1.807) is 18.0 Å². The van der Waals surface area contributed by atoms with E-state index in [-0.39, 0.29) is 12.0 Å². The van der Waals surface area contributed by atoms with Crippen LogP contribution in [0.4, 0.5) is 0 Å². The molecule has 1 unspecified atom stereocenters. The second-order valence-electron chi connectivity index (χ2n) is 4.33. The molecule has 0 bridgehead atoms. The van der Waals surface area contributed by atoms with Crippen molar-refractivity contribution in [2.75, 3.05) is 20.2 Å². The largest absolute Gasteiger partial charge is 0.467 e. The third-order valence-corrected chi connectivity index (χ3v) is 2.95. The maximum Gasteiger partial charge on any atom is 0.256 e. The summed E-state index contributed by atoms with van der Waals surface area (Å²) < 4.78 is 10.7. The summed E-state index contributed by atoms with van der Waals surface area (Å²) in [6.45, 7) is 1.74. The third kappa shape index (κ3) is 2.87. The van der Waals surface area contributed by atoms with Gasteiger partial charge in [0.1, 0.15) is 12.0 Å². The summed E-state index contributed by atoms with van der Waals surface area (Å²) in [6, 6.07) is 1.69. The van der Waals surface area contributed by atoms with Crippen molar-refractivity contribution in [1.82, 2.24) is 4.90 Å². The van der Waals surface area contributed by atoms with Gasteiger partial charge in [-0.05, 0) is 18.9 Å². The number of hydrogen-bond donors (Lipinski definition) is 1. The Morgan fingerprint density at radius 3 is 3.06 bits per heavy atom. The maximum absolute atomic E-state index is 12.0. The van der Waals surface area contributed by atoms with Crippen molar-refractivity contribution < 1.29 is 13.9 Å². The number of ether oxygens (including phenoxy) is 1. The molecule has 5 heteroatoms. The number of carbonyl (C=O) groups excluding carboxylic acids is 1. The predicted octanol–water partition coefficient (Wildman–Crippen LogP) is 0.989. The predicted molar refractivity (Wildman–Crippen MR) is 62.5 cm³/mol. The Morgan fingerprint density at radius 1 is 1.65 bits per heavy atom. The van der Waals surface area contributed by atoms with Crippen molar-refractivity contribution in [3.05, 3.63) is 23.7 Å². The lowest BCUT2D eigenvalue weighted by atomic mass is 10.2. The van der Waals surface area contributed by atoms with Gasteiger partial charge in [-0.3, -0.25) is 4.79 Å². The average molecular weight is 238 g/mol. The number of amides is 1. The normalized spacial score (nSPS) is 19.5. The monoisotopic (exact) mass is 238 g/mol. The minimum atomic E-state index is -0.0519. The van der Waals surface area contributed by atoms with Crippen molar-refractivity contribution in [2.45, 2.75) is 25.5 Å². The first kappa shape index (κ1) is 12.1. The molecule has 5 nitrogen and oxygen atoms in total. The fourth-order valence-corrected chi connectivity index (χ4v) is 2.00. The topological polar surface area (TPSA) is 68.7 Å². The van der Waals surface area contributed by atoms with Crippen LogP contribution in [-0.4, -0.2) is 37.1 Å². The molecular formula is C12H18N2O3. The van der Waals surface area contributed by atoms with Crippen molar-refractivity contribution >= 4 is 5.91 Å². The molecule has 1 amide bonds. The molecule has 1 aromatic heterocycles. The zero-order valence-corrected chi connectivity index (χ0v) is 10.0. The van der Waals surface area contributed by atoms with Crippen molar-refractivity contribution in [3.8, 4) is 0 Å². The summed E-state index contributed by atoms with van der Waals surface area (Å²) in [5, 5.41) is 0. The fraction of sp³-hybridized carbons (Fsp3) is 0.583. The first-order valence-corrected chi connectivity index (χ1v) is 5.85. The van der Waals surface area contributed by atoms with Crippen LogP contribution in [0.2, 0.25) is 0 Å². The molecule has 0 spiro atoms. The molecule has 1 aromatic rings. The highest BCUT2D eigenvalue weighted by molar-refractivity contribution is 5.93. The summed E-state index contributed by atoms with van der Waals surface area (Å²) in [5.74, 6) is 0.572. The van der Waals surface area contributed by atoms with Gasteiger partial charge in [0.05, 0.1) is 18.2 Å². The third-order valence-electron chi connectivity index (χ3n) is 2.95. The van der Waals surface area contributed by atoms with Gasteiger partial charge in [0.25, 0.3) is 5.91 Å². The summed E-state index contributed by atoms with van der Waals surface area (Å²) in [6.07, 6.45) is 3.73. The van der Waals surface area contributed by atoms with Gasteiger partial charge in [0.15, 0.2) is 0 Å². The van der Waals surface area contributed by atoms with E-state index in [1.165, 1.54) is 6.26 Å². The molecule has 1 atom stereocenters. The molecule has 17 heavy (non-hydrogen) atoms. The number of nitrogens with zero attached hydrogens (tertiary/aromatic N) is 1. The van der Waals surface area contributed by atoms with E-state index in [0.717, 1.165) is 19.4 Å². The Balaban J connectivity index is 1.93. The lowest BCUT2D eigenvalue weighted by Crippen LogP contribution is -2.33. The van der Waals surface area contributed by atoms with Crippen molar-refractivity contribution in [3.63, 3.8) is 0 Å². The quantitative estimate of drug-likeness (QED) is 0.849. The van der Waals surface area contributed by atoms with Crippen LogP contribution < -0.4 is 5.73 Å². The van der Waals surface area contributed by atoms with Crippen LogP contribution in [0.25, 0.3) is 0 Å². The lowest BCUT2D eigenvalue weighted by molar-refractivity contribution is 0.0586. The fourth-order valence-electron chi connectivity index (χ4n) is 2.00. The highest BCUT2D eigenvalue weighted by atomic mass is 16.5. The Kier molecular flexibility index (Phi) is 3.81. The SMILES string of the molecule is CN(CC1CCCO1)C(=O)c1coc(CN)c1. The Hall–Kier alpha value is -1.33. The molecule has 1 aliphatic heterocycles. The Bertz CT molecular complexity index is 383. The van der Waals surface area contributed by atoms with Crippen LogP contribution in [0.3, 0.4) is 0 Å². The molecule has 1 saturated heterocycles. The smallest absolute Gasteiger partial charge is 0.256 e. The second-order valence-corrected chi connectivity index (χ2v) is 4.33. The van der Waals surface area contributed by atoms with Crippen LogP contribution in [0.5, 0.6) is 0 Å². The molecule has 0 saturated carbocycles. The molecule has 94 valence electrons. The summed E-state index contributed by atoms with van der Waals surface area (Å²) >= 11 is 0. The lowest BCUT2D eigenvalue weighted by Gasteiger charge is -2.19. The number of likely N-dealkylation sites (N-methyl/N-ethyl adjacent to an activating group) is 1. The van der Waals surface area contributed by atoms with Crippen LogP contribution in [0, 0.1) is 0 Å². The molecule has 0 radical (unpaired) electrons. The van der Waals surface area contributed by atoms with Crippen LogP contribution in [0.1, 0.15) is 29.0 Å². The molecule has 1 fully saturated rings. The molecule has 2 N–H and O–H groups in total. The van der Waals surface area contributed by atoms with Crippen LogP contribution in [0.15, 0.2) is 16.7 Å². The van der Waals surface area contributed by atoms with E-state index in [2.05, 4.69) is 0 Å². The van der Waals surface area contributed by atoms with Gasteiger partial charge >= 0.3 is 0 Å². The van der Waals surface area contributed by atoms with Crippen LogP contribution >= 0.6 is 0 Å². The van der Waals surface area contributed by atoms with Gasteiger partial charge < -0.3 is 19.8 Å². The number of hydrogen-bond acceptors (Lipinski definition) is 4. The van der Waals surface area contributed by atoms with Gasteiger partial charge in [-0.2, -0.15) is 0 Å². The molecular weight excluding hydrogens is 220 g/mol. The average Bonchev–Trinajstić information content (AvgIpc) is 2.98. The number of nitrogens with two attached hydrogens (primary N) is 1. The van der Waals surface area contributed by atoms with E-state index in [1.807, 2.05) is 0 Å². The van der Waals surface area contributed by atoms with Gasteiger partial charge in [0, 0.05) is 20.2 Å². The van der Waals surface area contributed by atoms with Crippen LogP contribution in [-0.2, 0) is 11.3 Å². The Labute approximate surface area is 101 Å². The number of carbonyl (C=O) groups is 1. The van der Waals surface area contributed by atoms with Gasteiger partial charge in [-0.15, -0.1) is 0 Å². The maximum atomic E-state index is 12.0. The number of rotatable bonds is 4. The molecule has 2 rings (SSSR count). The van der Waals surface area contributed by atoms with Crippen molar-refractivity contribution in [1.29, 1.82) is 0 Å². The zero-order valence-electron chi connectivity index (χ0n) is 10.0. The molecule has 2 heterocycles. The van der Waals surface area contributed by atoms with Gasteiger partial charge in [0.2, 0.25) is 0 Å². The van der Waals surface area contributed by atoms with E-state index in [4.69, 9.17) is 14.9 Å². The Morgan fingerprint density at radius 2 is 2.47 bits per heavy atom. The molecule has 1 aliphatic rings. The zero-order chi connectivity index (χ0) is 12.3. The first-order valence-electron chi connectivity index (χ1n) is 5.85. The van der Waals surface area contributed by atoms with Gasteiger partial charge in [-0.1, -0.05) is 0 Å². The second kappa shape index (κ2) is 5.33. The number of furan rings is 1. The standard InChI is InChI=1S/C12H18N2O3/c1-14(7-10-3-2-4-16-10)12(15)9-5-11(6-13)17-8-9/h5,8,10H,2-4,6-7,13H2,1H3. The summed E-state index contributed by atoms with van der Waals surface area (Å²) in [5.41, 5.74) is 5.98. The van der Waals surface area contributed by atoms with Gasteiger partial charge in [-0.25, -0.2) is 0 Å². The van der Waals surface area contributed by atoms with Crippen molar-refractivity contribution in [2.24, 2.45) is 5.73 Å². The summed E-state index contributed by atoms with van der Waals surface area (Å²) in [4.78, 5) is 13.7. The molecule has 0 aromatic carbocycles. The van der Waals surface area contributed by atoms with E-state index >= 15 is 0 Å². The minimum absolute atomic E-state index is 0.0519. The highest BCUT2D eigenvalue weighted by Crippen LogP contribution is 2.15. The van der Waals surface area contributed by atoms with E-state index in [9.17, 15) is 4.79 Å². The molecule has 0 aliphatic carbocycles.